The van der Waals surface area contributed by atoms with Crippen LogP contribution in [0.2, 0.25) is 0 Å². The van der Waals surface area contributed by atoms with Crippen molar-refractivity contribution in [2.45, 2.75) is 150 Å². The number of carbonyl (C=O) groups excluding carboxylic acids is 2. The summed E-state index contributed by atoms with van der Waals surface area (Å²) in [6.45, 7) is 9.39. The largest absolute Gasteiger partial charge is 1.00 e. The summed E-state index contributed by atoms with van der Waals surface area (Å²) in [5.74, 6) is 0.327. The fraction of sp³-hybridized carbons (Fsp3) is 0.788. The van der Waals surface area contributed by atoms with Gasteiger partial charge in [0.15, 0.2) is 0 Å². The zero-order valence-electron chi connectivity index (χ0n) is 26.5. The molecule has 0 bridgehead atoms. The summed E-state index contributed by atoms with van der Waals surface area (Å²) in [5.41, 5.74) is 8.27. The first-order valence-electron chi connectivity index (χ1n) is 16.4. The third-order valence-corrected chi connectivity index (χ3v) is 8.44. The number of nitrogens with one attached hydrogen (secondary N) is 1. The molecule has 1 aromatic heterocycles. The van der Waals surface area contributed by atoms with E-state index >= 15 is 0 Å². The summed E-state index contributed by atoms with van der Waals surface area (Å²) in [4.78, 5) is 25.6. The highest BCUT2D eigenvalue weighted by Crippen LogP contribution is 2.29. The highest BCUT2D eigenvalue weighted by molar-refractivity contribution is 5.97. The summed E-state index contributed by atoms with van der Waals surface area (Å²) in [6.07, 6.45) is 22.3. The van der Waals surface area contributed by atoms with Crippen LogP contribution in [0, 0.1) is 19.8 Å². The van der Waals surface area contributed by atoms with Gasteiger partial charge in [-0.25, -0.2) is 9.59 Å². The first-order valence-corrected chi connectivity index (χ1v) is 16.4. The van der Waals surface area contributed by atoms with Crippen LogP contribution < -0.4 is 44.3 Å². The number of hydrogen-bond acceptors (Lipinski definition) is 5. The molecule has 1 heterocycles. The second kappa shape index (κ2) is 22.0. The standard InChI is InChI=1S/C33H57N3O4.HI/c1-5-7-8-9-10-11-12-13-14-15-16-17-18-21-24-35-33(38)40-31-26(3)29(30(34)27(4)36(31)6-2)32(37)39-25-28-22-19-20-23-28;/h28H,5-25H2,1-4H3,(H2-,34,35,37,38);1H. The predicted octanol–water partition coefficient (Wildman–Crippen LogP) is 5.11. The van der Waals surface area contributed by atoms with E-state index in [0.717, 1.165) is 25.7 Å². The number of aromatic nitrogens is 1. The van der Waals surface area contributed by atoms with Gasteiger partial charge < -0.3 is 44.5 Å². The molecule has 1 aliphatic carbocycles. The SMILES string of the molecule is CCCCCCCCCCCCCCCCNC(=O)Oc1c(C)c(C(=O)OCC2CCCC2)c(N)c(C)[n+]1CC.[I-]. The van der Waals surface area contributed by atoms with Gasteiger partial charge in [0.05, 0.1) is 12.2 Å². The van der Waals surface area contributed by atoms with Gasteiger partial charge in [0, 0.05) is 13.5 Å². The Kier molecular flexibility index (Phi) is 20.1. The van der Waals surface area contributed by atoms with E-state index in [4.69, 9.17) is 15.2 Å². The Bertz CT molecular complexity index is 903. The van der Waals surface area contributed by atoms with E-state index in [2.05, 4.69) is 12.2 Å². The Morgan fingerprint density at radius 1 is 0.854 bits per heavy atom. The second-order valence-electron chi connectivity index (χ2n) is 11.7. The summed E-state index contributed by atoms with van der Waals surface area (Å²) in [7, 11) is 0. The molecule has 1 saturated carbocycles. The molecule has 3 N–H and O–H groups in total. The number of esters is 1. The van der Waals surface area contributed by atoms with Crippen LogP contribution in [0.5, 0.6) is 5.88 Å². The molecule has 0 saturated heterocycles. The van der Waals surface area contributed by atoms with Crippen molar-refractivity contribution in [2.75, 3.05) is 18.9 Å². The summed E-state index contributed by atoms with van der Waals surface area (Å²) in [6, 6.07) is 0. The molecule has 0 aliphatic heterocycles. The number of hydrogen-bond donors (Lipinski definition) is 2. The summed E-state index contributed by atoms with van der Waals surface area (Å²) >= 11 is 0. The number of ether oxygens (including phenoxy) is 2. The van der Waals surface area contributed by atoms with E-state index < -0.39 is 12.1 Å². The van der Waals surface area contributed by atoms with Crippen LogP contribution >= 0.6 is 0 Å². The van der Waals surface area contributed by atoms with Gasteiger partial charge in [-0.1, -0.05) is 103 Å². The number of halogens is 1. The van der Waals surface area contributed by atoms with Gasteiger partial charge in [-0.15, -0.1) is 0 Å². The molecule has 8 heteroatoms. The molecule has 1 fully saturated rings. The average Bonchev–Trinajstić information content (AvgIpc) is 3.47. The molecule has 0 unspecified atom stereocenters. The van der Waals surface area contributed by atoms with Gasteiger partial charge >= 0.3 is 17.9 Å². The van der Waals surface area contributed by atoms with E-state index in [0.29, 0.717) is 54.0 Å². The zero-order chi connectivity index (χ0) is 29.2. The second-order valence-corrected chi connectivity index (χ2v) is 11.7. The Labute approximate surface area is 267 Å². The minimum Gasteiger partial charge on any atom is -1.00 e. The smallest absolute Gasteiger partial charge is 0.416 e. The number of nitrogen functional groups attached to an aromatic ring is 1. The Morgan fingerprint density at radius 2 is 1.37 bits per heavy atom. The quantitative estimate of drug-likeness (QED) is 0.0861. The monoisotopic (exact) mass is 687 g/mol. The fourth-order valence-electron chi connectivity index (χ4n) is 5.84. The Morgan fingerprint density at radius 3 is 1.88 bits per heavy atom. The van der Waals surface area contributed by atoms with Crippen molar-refractivity contribution < 1.29 is 47.6 Å². The fourth-order valence-corrected chi connectivity index (χ4v) is 5.84. The van der Waals surface area contributed by atoms with Crippen LogP contribution in [0.1, 0.15) is 151 Å². The maximum Gasteiger partial charge on any atom is 0.416 e. The van der Waals surface area contributed by atoms with Crippen molar-refractivity contribution in [1.29, 1.82) is 0 Å². The van der Waals surface area contributed by atoms with Crippen LogP contribution in [0.4, 0.5) is 10.5 Å². The normalized spacial score (nSPS) is 13.2. The summed E-state index contributed by atoms with van der Waals surface area (Å²) in [5, 5.41) is 2.88. The lowest BCUT2D eigenvalue weighted by atomic mass is 10.0. The molecule has 0 aromatic carbocycles. The number of nitrogens with two attached hydrogens (primary N) is 1. The van der Waals surface area contributed by atoms with Gasteiger partial charge in [0.1, 0.15) is 17.8 Å². The summed E-state index contributed by atoms with van der Waals surface area (Å²) < 4.78 is 13.2. The molecule has 41 heavy (non-hydrogen) atoms. The lowest BCUT2D eigenvalue weighted by Gasteiger charge is -2.16. The molecule has 0 spiro atoms. The van der Waals surface area contributed by atoms with Crippen LogP contribution in [-0.2, 0) is 11.3 Å². The number of pyridine rings is 1. The first kappa shape index (κ1) is 37.4. The zero-order valence-corrected chi connectivity index (χ0v) is 28.6. The lowest BCUT2D eigenvalue weighted by Crippen LogP contribution is -3.00. The van der Waals surface area contributed by atoms with E-state index in [-0.39, 0.29) is 24.0 Å². The van der Waals surface area contributed by atoms with Crippen LogP contribution in [-0.4, -0.2) is 25.2 Å². The third-order valence-electron chi connectivity index (χ3n) is 8.44. The van der Waals surface area contributed by atoms with E-state index in [1.807, 2.05) is 18.4 Å². The van der Waals surface area contributed by atoms with Gasteiger partial charge in [0.2, 0.25) is 5.69 Å². The highest BCUT2D eigenvalue weighted by atomic mass is 127. The lowest BCUT2D eigenvalue weighted by molar-refractivity contribution is -0.702. The van der Waals surface area contributed by atoms with Gasteiger partial charge in [-0.05, 0) is 39.0 Å². The predicted molar refractivity (Wildman–Crippen MR) is 163 cm³/mol. The van der Waals surface area contributed by atoms with E-state index in [9.17, 15) is 9.59 Å². The third kappa shape index (κ3) is 13.5. The highest BCUT2D eigenvalue weighted by Gasteiger charge is 2.32. The average molecular weight is 688 g/mol. The van der Waals surface area contributed by atoms with E-state index in [1.165, 1.54) is 89.9 Å². The molecule has 236 valence electrons. The van der Waals surface area contributed by atoms with Gasteiger partial charge in [0.25, 0.3) is 0 Å². The molecule has 1 aromatic rings. The minimum atomic E-state index is -0.505. The molecule has 0 atom stereocenters. The first-order chi connectivity index (χ1) is 19.4. The van der Waals surface area contributed by atoms with Crippen molar-refractivity contribution in [3.8, 4) is 5.88 Å². The van der Waals surface area contributed by atoms with E-state index in [1.54, 1.807) is 6.92 Å². The number of rotatable bonds is 20. The van der Waals surface area contributed by atoms with Crippen molar-refractivity contribution in [2.24, 2.45) is 5.92 Å². The molecule has 1 aliphatic rings. The molecule has 2 rings (SSSR count). The maximum atomic E-state index is 13.0. The van der Waals surface area contributed by atoms with Crippen molar-refractivity contribution >= 4 is 17.7 Å². The van der Waals surface area contributed by atoms with Crippen molar-refractivity contribution in [3.05, 3.63) is 16.8 Å². The maximum absolute atomic E-state index is 13.0. The minimum absolute atomic E-state index is 0. The number of unbranched alkanes of at least 4 members (excludes halogenated alkanes) is 13. The topological polar surface area (TPSA) is 94.5 Å². The Balaban J connectivity index is 0.00000840. The Hall–Kier alpha value is -1.58. The van der Waals surface area contributed by atoms with Crippen LogP contribution in [0.3, 0.4) is 0 Å². The van der Waals surface area contributed by atoms with Gasteiger partial charge in [-0.2, -0.15) is 4.57 Å². The number of nitrogens with zero attached hydrogens (tertiary/aromatic N) is 1. The van der Waals surface area contributed by atoms with Crippen molar-refractivity contribution in [3.63, 3.8) is 0 Å². The number of amides is 1. The van der Waals surface area contributed by atoms with Gasteiger partial charge in [-0.3, -0.25) is 0 Å². The molecule has 7 nitrogen and oxygen atoms in total. The van der Waals surface area contributed by atoms with Crippen LogP contribution in [0.15, 0.2) is 0 Å². The molecule has 1 amide bonds. The van der Waals surface area contributed by atoms with Crippen molar-refractivity contribution in [1.82, 2.24) is 5.32 Å². The molecular formula is C33H58IN3O4. The van der Waals surface area contributed by atoms with Crippen LogP contribution in [0.25, 0.3) is 0 Å². The number of anilines is 1. The molecule has 0 radical (unpaired) electrons. The number of carbonyl (C=O) groups is 2. The molecular weight excluding hydrogens is 629 g/mol.